The molecule has 9 aromatic rings. The van der Waals surface area contributed by atoms with E-state index in [1.54, 1.807) is 6.26 Å². The van der Waals surface area contributed by atoms with Crippen molar-refractivity contribution in [2.24, 2.45) is 0 Å². The van der Waals surface area contributed by atoms with E-state index in [0.29, 0.717) is 0 Å². The Morgan fingerprint density at radius 3 is 1.14 bits per heavy atom. The van der Waals surface area contributed by atoms with Crippen molar-refractivity contribution in [2.45, 2.75) is 66.2 Å². The highest BCUT2D eigenvalue weighted by atomic mass is 32.1. The Bertz CT molecular complexity index is 2910. The van der Waals surface area contributed by atoms with Crippen LogP contribution in [0.2, 0.25) is 0 Å². The molecule has 8 aromatic carbocycles. The number of hydrogen-bond acceptors (Lipinski definition) is 3. The molecule has 3 nitrogen and oxygen atoms in total. The summed E-state index contributed by atoms with van der Waals surface area (Å²) in [6.07, 6.45) is 1.69. The van der Waals surface area contributed by atoms with Crippen LogP contribution in [0.25, 0.3) is 38.6 Å². The van der Waals surface area contributed by atoms with Gasteiger partial charge in [-0.25, -0.2) is 0 Å². The Morgan fingerprint density at radius 1 is 0.349 bits per heavy atom. The first-order valence-corrected chi connectivity index (χ1v) is 23.4. The molecule has 0 saturated carbocycles. The van der Waals surface area contributed by atoms with E-state index in [9.17, 15) is 0 Å². The van der Waals surface area contributed by atoms with Gasteiger partial charge < -0.3 is 14.4 Å². The van der Waals surface area contributed by atoms with Crippen molar-refractivity contribution in [1.82, 2.24) is 4.57 Å². The number of para-hydroxylation sites is 5. The van der Waals surface area contributed by atoms with Crippen molar-refractivity contribution < 1.29 is 0 Å². The SMILES string of the molecule is CC.CC.CC1(C)c2cccc3c2-n2c4c1cc(-c1ccc(N(c5ccccc5)c5ccccc5)cc1)cc4c1cc(N(c4ccccc4)c4ccccc4)cc(c12)C3(C)C.CS. The lowest BCUT2D eigenvalue weighted by molar-refractivity contribution is 0.594. The van der Waals surface area contributed by atoms with Gasteiger partial charge in [0.1, 0.15) is 0 Å². The average Bonchev–Trinajstić information content (AvgIpc) is 3.68. The summed E-state index contributed by atoms with van der Waals surface area (Å²) in [7, 11) is 0. The first kappa shape index (κ1) is 43.2. The number of fused-ring (bicyclic) bond motifs is 1. The summed E-state index contributed by atoms with van der Waals surface area (Å²) in [5.41, 5.74) is 18.3. The molecule has 0 spiro atoms. The van der Waals surface area contributed by atoms with Crippen LogP contribution in [0.3, 0.4) is 0 Å². The minimum absolute atomic E-state index is 0.210. The molecule has 0 radical (unpaired) electrons. The van der Waals surface area contributed by atoms with Crippen LogP contribution in [0.15, 0.2) is 188 Å². The van der Waals surface area contributed by atoms with Crippen molar-refractivity contribution in [3.05, 3.63) is 210 Å². The second-order valence-electron chi connectivity index (χ2n) is 16.7. The molecule has 0 fully saturated rings. The predicted molar refractivity (Wildman–Crippen MR) is 277 cm³/mol. The number of hydrogen-bond donors (Lipinski definition) is 1. The molecule has 2 aliphatic rings. The maximum atomic E-state index is 3.53. The van der Waals surface area contributed by atoms with Crippen LogP contribution < -0.4 is 9.80 Å². The molecule has 316 valence electrons. The standard InChI is InChI=1S/C54H43N3.2C2H6.CH4S/c1-53(2)46-26-17-27-47-52(46)57-50-44(45-34-43(35-49(51(45)57)54(47,3)4)56(40-22-13-7-14-23-40)41-24-15-8-16-25-41)32-37(33-48(50)53)36-28-30-42(31-29-36)55(38-18-9-5-10-19-38)39-20-11-6-12-21-39;3*1-2/h5-35H,1-4H3;2*1-2H3;2H,1H3. The number of rotatable bonds is 7. The van der Waals surface area contributed by atoms with Crippen LogP contribution in [-0.2, 0) is 10.8 Å². The molecular formula is C59H59N3S. The first-order valence-electron chi connectivity index (χ1n) is 22.5. The van der Waals surface area contributed by atoms with Crippen molar-refractivity contribution in [3.8, 4) is 16.8 Å². The molecule has 63 heavy (non-hydrogen) atoms. The smallest absolute Gasteiger partial charge is 0.0583 e. The lowest BCUT2D eigenvalue weighted by atomic mass is 9.68. The molecule has 1 aromatic heterocycles. The zero-order valence-corrected chi connectivity index (χ0v) is 39.1. The normalized spacial score (nSPS) is 13.2. The Morgan fingerprint density at radius 2 is 0.714 bits per heavy atom. The van der Waals surface area contributed by atoms with Crippen LogP contribution in [0.4, 0.5) is 34.1 Å². The summed E-state index contributed by atoms with van der Waals surface area (Å²) in [6, 6.07) is 68.8. The molecule has 0 N–H and O–H groups in total. The van der Waals surface area contributed by atoms with Gasteiger partial charge in [0, 0.05) is 55.7 Å². The Labute approximate surface area is 380 Å². The lowest BCUT2D eigenvalue weighted by Crippen LogP contribution is -2.33. The average molecular weight is 842 g/mol. The molecule has 11 rings (SSSR count). The molecule has 3 heterocycles. The fourth-order valence-electron chi connectivity index (χ4n) is 9.82. The highest BCUT2D eigenvalue weighted by molar-refractivity contribution is 7.79. The van der Waals surface area contributed by atoms with Gasteiger partial charge in [0.25, 0.3) is 0 Å². The van der Waals surface area contributed by atoms with Crippen LogP contribution in [-0.4, -0.2) is 10.8 Å². The van der Waals surface area contributed by atoms with Crippen LogP contribution >= 0.6 is 12.6 Å². The summed E-state index contributed by atoms with van der Waals surface area (Å²) < 4.78 is 2.63. The Balaban J connectivity index is 0.000000872. The number of aromatic nitrogens is 1. The molecular weight excluding hydrogens is 783 g/mol. The Hall–Kier alpha value is -6.49. The first-order chi connectivity index (χ1) is 30.8. The fraction of sp³-hybridized carbons (Fsp3) is 0.186. The van der Waals surface area contributed by atoms with Crippen LogP contribution in [0, 0.1) is 0 Å². The molecule has 0 unspecified atom stereocenters. The highest BCUT2D eigenvalue weighted by Crippen LogP contribution is 2.57. The van der Waals surface area contributed by atoms with Gasteiger partial charge in [-0.15, -0.1) is 0 Å². The second kappa shape index (κ2) is 17.7. The summed E-state index contributed by atoms with van der Waals surface area (Å²) >= 11 is 3.53. The second-order valence-corrected chi connectivity index (χ2v) is 16.7. The zero-order valence-electron chi connectivity index (χ0n) is 38.2. The van der Waals surface area contributed by atoms with Gasteiger partial charge in [-0.3, -0.25) is 0 Å². The predicted octanol–water partition coefficient (Wildman–Crippen LogP) is 17.3. The molecule has 2 aliphatic heterocycles. The van der Waals surface area contributed by atoms with Gasteiger partial charge >= 0.3 is 0 Å². The maximum absolute atomic E-state index is 3.53. The van der Waals surface area contributed by atoms with E-state index in [1.807, 2.05) is 27.7 Å². The number of nitrogens with zero attached hydrogens (tertiary/aromatic N) is 3. The summed E-state index contributed by atoms with van der Waals surface area (Å²) in [4.78, 5) is 4.74. The van der Waals surface area contributed by atoms with Crippen molar-refractivity contribution >= 4 is 68.6 Å². The molecule has 0 amide bonds. The molecule has 0 saturated heterocycles. The van der Waals surface area contributed by atoms with Gasteiger partial charge in [0.15, 0.2) is 0 Å². The zero-order chi connectivity index (χ0) is 44.5. The summed E-state index contributed by atoms with van der Waals surface area (Å²) in [5.74, 6) is 0. The number of anilines is 6. The van der Waals surface area contributed by atoms with Gasteiger partial charge in [-0.2, -0.15) is 12.6 Å². The monoisotopic (exact) mass is 841 g/mol. The molecule has 0 bridgehead atoms. The fourth-order valence-corrected chi connectivity index (χ4v) is 9.82. The van der Waals surface area contributed by atoms with E-state index >= 15 is 0 Å². The third-order valence-electron chi connectivity index (χ3n) is 12.7. The summed E-state index contributed by atoms with van der Waals surface area (Å²) in [6.45, 7) is 17.7. The van der Waals surface area contributed by atoms with Gasteiger partial charge in [-0.05, 0) is 125 Å². The minimum atomic E-state index is -0.224. The van der Waals surface area contributed by atoms with E-state index in [2.05, 4.69) is 243 Å². The quantitative estimate of drug-likeness (QED) is 0.160. The van der Waals surface area contributed by atoms with Crippen molar-refractivity contribution in [2.75, 3.05) is 16.1 Å². The maximum Gasteiger partial charge on any atom is 0.0583 e. The van der Waals surface area contributed by atoms with Crippen LogP contribution in [0.5, 0.6) is 0 Å². The topological polar surface area (TPSA) is 11.4 Å². The van der Waals surface area contributed by atoms with E-state index in [4.69, 9.17) is 0 Å². The Kier molecular flexibility index (Phi) is 12.1. The molecule has 4 heteroatoms. The third kappa shape index (κ3) is 7.11. The van der Waals surface area contributed by atoms with Crippen molar-refractivity contribution in [1.29, 1.82) is 0 Å². The minimum Gasteiger partial charge on any atom is -0.311 e. The lowest BCUT2D eigenvalue weighted by Gasteiger charge is -2.42. The van der Waals surface area contributed by atoms with Gasteiger partial charge in [0.2, 0.25) is 0 Å². The van der Waals surface area contributed by atoms with Gasteiger partial charge in [0.05, 0.1) is 16.7 Å². The summed E-state index contributed by atoms with van der Waals surface area (Å²) in [5, 5.41) is 2.59. The van der Waals surface area contributed by atoms with E-state index < -0.39 is 0 Å². The van der Waals surface area contributed by atoms with Gasteiger partial charge in [-0.1, -0.05) is 159 Å². The van der Waals surface area contributed by atoms with Crippen molar-refractivity contribution in [3.63, 3.8) is 0 Å². The molecule has 0 atom stereocenters. The largest absolute Gasteiger partial charge is 0.311 e. The van der Waals surface area contributed by atoms with E-state index in [1.165, 1.54) is 66.6 Å². The molecule has 0 aliphatic carbocycles. The third-order valence-corrected chi connectivity index (χ3v) is 12.7. The van der Waals surface area contributed by atoms with E-state index in [-0.39, 0.29) is 10.8 Å². The number of benzene rings is 8. The van der Waals surface area contributed by atoms with Crippen LogP contribution in [0.1, 0.15) is 77.6 Å². The highest BCUT2D eigenvalue weighted by Gasteiger charge is 2.44. The van der Waals surface area contributed by atoms with E-state index in [0.717, 1.165) is 28.4 Å². The number of thiol groups is 1.